The third-order valence-electron chi connectivity index (χ3n) is 12.8. The number of carbonyl (C=O) groups is 1. The molecular formula is C36H53N5O5. The first kappa shape index (κ1) is 32.8. The van der Waals surface area contributed by atoms with E-state index >= 15 is 0 Å². The molecule has 1 amide bonds. The molecule has 4 aliphatic carbocycles. The van der Waals surface area contributed by atoms with Gasteiger partial charge in [-0.2, -0.15) is 0 Å². The van der Waals surface area contributed by atoms with E-state index in [2.05, 4.69) is 61.6 Å². The predicted octanol–water partition coefficient (Wildman–Crippen LogP) is 8.68. The second-order valence-corrected chi connectivity index (χ2v) is 15.8. The first-order valence-corrected chi connectivity index (χ1v) is 17.8. The number of nitro benzene ring substituents is 1. The highest BCUT2D eigenvalue weighted by molar-refractivity contribution is 5.93. The van der Waals surface area contributed by atoms with E-state index in [0.29, 0.717) is 24.2 Å². The molecule has 8 atom stereocenters. The molecule has 2 aromatic rings. The fourth-order valence-corrected chi connectivity index (χ4v) is 10.5. The maximum Gasteiger partial charge on any atom is 0.407 e. The molecule has 10 nitrogen and oxygen atoms in total. The topological polar surface area (TPSA) is 132 Å². The Morgan fingerprint density at radius 3 is 2.65 bits per heavy atom. The Hall–Kier alpha value is -3.17. The standard InChI is InChI=1S/C36H53N5O5/c1-22(2)7-6-8-23(3)27-11-12-28-26-10-9-24-21-25(15-17-35(24,4)29(26)16-18-36(27,28)5)45-34(42)38-20-19-37-30-13-14-31(41(43)44)33-32(30)39-46-40-33/h9,13-14,22-23,25-29,37H,6-8,10-12,15-21H2,1-5H3,(H,38,42)/t23-,25+,26+,27-,28+,29+,35+,36-/m1/s1. The van der Waals surface area contributed by atoms with Crippen molar-refractivity contribution in [1.29, 1.82) is 0 Å². The van der Waals surface area contributed by atoms with Gasteiger partial charge in [-0.1, -0.05) is 65.5 Å². The molecule has 0 aliphatic heterocycles. The van der Waals surface area contributed by atoms with Crippen molar-refractivity contribution in [3.63, 3.8) is 0 Å². The Kier molecular flexibility index (Phi) is 9.36. The van der Waals surface area contributed by atoms with Crippen molar-refractivity contribution in [3.8, 4) is 0 Å². The normalized spacial score (nSPS) is 32.7. The third kappa shape index (κ3) is 6.13. The molecule has 10 heteroatoms. The van der Waals surface area contributed by atoms with Gasteiger partial charge in [-0.25, -0.2) is 9.42 Å². The molecule has 252 valence electrons. The van der Waals surface area contributed by atoms with Gasteiger partial charge in [0.1, 0.15) is 6.10 Å². The molecule has 0 saturated heterocycles. The van der Waals surface area contributed by atoms with Crippen LogP contribution in [0.1, 0.15) is 105 Å². The van der Waals surface area contributed by atoms with Gasteiger partial charge < -0.3 is 15.4 Å². The van der Waals surface area contributed by atoms with Crippen molar-refractivity contribution in [2.24, 2.45) is 46.3 Å². The van der Waals surface area contributed by atoms with Gasteiger partial charge in [0, 0.05) is 25.6 Å². The molecule has 0 spiro atoms. The lowest BCUT2D eigenvalue weighted by atomic mass is 9.47. The predicted molar refractivity (Wildman–Crippen MR) is 178 cm³/mol. The van der Waals surface area contributed by atoms with Crippen LogP contribution in [0, 0.1) is 56.5 Å². The second kappa shape index (κ2) is 13.1. The third-order valence-corrected chi connectivity index (χ3v) is 12.8. The van der Waals surface area contributed by atoms with E-state index in [0.717, 1.165) is 54.8 Å². The van der Waals surface area contributed by atoms with Crippen molar-refractivity contribution in [2.45, 2.75) is 111 Å². The molecule has 0 bridgehead atoms. The first-order valence-electron chi connectivity index (χ1n) is 17.8. The zero-order valence-electron chi connectivity index (χ0n) is 28.3. The molecular weight excluding hydrogens is 582 g/mol. The summed E-state index contributed by atoms with van der Waals surface area (Å²) in [5, 5.41) is 24.7. The lowest BCUT2D eigenvalue weighted by Crippen LogP contribution is -2.51. The van der Waals surface area contributed by atoms with Crippen molar-refractivity contribution < 1.29 is 19.1 Å². The Morgan fingerprint density at radius 2 is 1.87 bits per heavy atom. The van der Waals surface area contributed by atoms with Gasteiger partial charge in [-0.05, 0) is 108 Å². The molecule has 0 radical (unpaired) electrons. The highest BCUT2D eigenvalue weighted by Crippen LogP contribution is 2.67. The van der Waals surface area contributed by atoms with E-state index in [1.807, 2.05) is 0 Å². The fraction of sp³-hybridized carbons (Fsp3) is 0.750. The van der Waals surface area contributed by atoms with Crippen LogP contribution in [0.15, 0.2) is 28.4 Å². The lowest BCUT2D eigenvalue weighted by molar-refractivity contribution is -0.383. The summed E-state index contributed by atoms with van der Waals surface area (Å²) in [6.45, 7) is 13.1. The van der Waals surface area contributed by atoms with E-state index < -0.39 is 11.0 Å². The molecule has 1 heterocycles. The number of nitro groups is 1. The zero-order chi connectivity index (χ0) is 32.6. The van der Waals surface area contributed by atoms with Crippen molar-refractivity contribution >= 4 is 28.5 Å². The number of rotatable bonds is 11. The number of nitrogens with zero attached hydrogens (tertiary/aromatic N) is 3. The van der Waals surface area contributed by atoms with E-state index in [1.54, 1.807) is 6.07 Å². The number of ether oxygens (including phenoxy) is 1. The number of carbonyl (C=O) groups excluding carboxylic acids is 1. The van der Waals surface area contributed by atoms with Crippen molar-refractivity contribution in [3.05, 3.63) is 33.9 Å². The quantitative estimate of drug-likeness (QED) is 0.108. The number of fused-ring (bicyclic) bond motifs is 6. The number of hydrogen-bond donors (Lipinski definition) is 2. The summed E-state index contributed by atoms with van der Waals surface area (Å²) in [5.41, 5.74) is 2.99. The minimum absolute atomic E-state index is 0.0896. The Labute approximate surface area is 273 Å². The van der Waals surface area contributed by atoms with Gasteiger partial charge in [-0.3, -0.25) is 10.1 Å². The number of alkyl carbamates (subject to hydrolysis) is 1. The highest BCUT2D eigenvalue weighted by atomic mass is 16.6. The summed E-state index contributed by atoms with van der Waals surface area (Å²) in [6, 6.07) is 2.93. The molecule has 6 rings (SSSR count). The Morgan fingerprint density at radius 1 is 1.07 bits per heavy atom. The average molecular weight is 636 g/mol. The van der Waals surface area contributed by atoms with Gasteiger partial charge >= 0.3 is 11.8 Å². The Bertz CT molecular complexity index is 1460. The molecule has 2 N–H and O–H groups in total. The minimum Gasteiger partial charge on any atom is -0.446 e. The number of amides is 1. The van der Waals surface area contributed by atoms with Crippen LogP contribution in [-0.4, -0.2) is 40.5 Å². The molecule has 46 heavy (non-hydrogen) atoms. The smallest absolute Gasteiger partial charge is 0.407 e. The van der Waals surface area contributed by atoms with E-state index in [1.165, 1.54) is 63.0 Å². The van der Waals surface area contributed by atoms with E-state index in [9.17, 15) is 14.9 Å². The van der Waals surface area contributed by atoms with Crippen LogP contribution in [0.4, 0.5) is 16.2 Å². The second-order valence-electron chi connectivity index (χ2n) is 15.8. The zero-order valence-corrected chi connectivity index (χ0v) is 28.3. The van der Waals surface area contributed by atoms with Crippen LogP contribution < -0.4 is 10.6 Å². The van der Waals surface area contributed by atoms with Crippen LogP contribution in [0.2, 0.25) is 0 Å². The molecule has 1 aromatic carbocycles. The number of hydrogen-bond acceptors (Lipinski definition) is 8. The number of benzene rings is 1. The van der Waals surface area contributed by atoms with Crippen molar-refractivity contribution in [2.75, 3.05) is 18.4 Å². The summed E-state index contributed by atoms with van der Waals surface area (Å²) in [6.07, 6.45) is 15.7. The molecule has 0 unspecified atom stereocenters. The number of nitrogens with one attached hydrogen (secondary N) is 2. The van der Waals surface area contributed by atoms with Gasteiger partial charge in [0.15, 0.2) is 5.52 Å². The maximum atomic E-state index is 12.7. The van der Waals surface area contributed by atoms with Gasteiger partial charge in [0.05, 0.1) is 10.6 Å². The molecule has 1 aromatic heterocycles. The largest absolute Gasteiger partial charge is 0.446 e. The summed E-state index contributed by atoms with van der Waals surface area (Å²) in [4.78, 5) is 23.4. The average Bonchev–Trinajstić information content (AvgIpc) is 3.64. The first-order chi connectivity index (χ1) is 22.0. The minimum atomic E-state index is -0.518. The van der Waals surface area contributed by atoms with Crippen LogP contribution in [0.25, 0.3) is 11.0 Å². The van der Waals surface area contributed by atoms with Crippen molar-refractivity contribution in [1.82, 2.24) is 15.6 Å². The number of aromatic nitrogens is 2. The fourth-order valence-electron chi connectivity index (χ4n) is 10.5. The highest BCUT2D eigenvalue weighted by Gasteiger charge is 2.59. The van der Waals surface area contributed by atoms with Gasteiger partial charge in [0.25, 0.3) is 0 Å². The summed E-state index contributed by atoms with van der Waals surface area (Å²) < 4.78 is 10.6. The van der Waals surface area contributed by atoms with E-state index in [4.69, 9.17) is 9.37 Å². The lowest BCUT2D eigenvalue weighted by Gasteiger charge is -2.58. The summed E-state index contributed by atoms with van der Waals surface area (Å²) in [7, 11) is 0. The van der Waals surface area contributed by atoms with Crippen LogP contribution in [0.3, 0.4) is 0 Å². The summed E-state index contributed by atoms with van der Waals surface area (Å²) >= 11 is 0. The van der Waals surface area contributed by atoms with E-state index in [-0.39, 0.29) is 28.2 Å². The molecule has 3 fully saturated rings. The van der Waals surface area contributed by atoms with Crippen LogP contribution in [-0.2, 0) is 4.74 Å². The molecule has 4 aliphatic rings. The maximum absolute atomic E-state index is 12.7. The SMILES string of the molecule is CC(C)CCC[C@@H](C)[C@H]1CC[C@H]2[C@@H]3CC=C4C[C@@H](OC(=O)NCCNc5ccc([N+](=O)[O-])c6nonc56)CC[C@]4(C)[C@H]3CC[C@]12C. The monoisotopic (exact) mass is 635 g/mol. The molecule has 3 saturated carbocycles. The number of non-ortho nitro benzene ring substituents is 1. The van der Waals surface area contributed by atoms with Crippen LogP contribution >= 0.6 is 0 Å². The van der Waals surface area contributed by atoms with Gasteiger partial charge in [0.2, 0.25) is 5.52 Å². The summed E-state index contributed by atoms with van der Waals surface area (Å²) in [5.74, 6) is 4.88. The Balaban J connectivity index is 0.998. The van der Waals surface area contributed by atoms with Gasteiger partial charge in [-0.15, -0.1) is 0 Å². The number of anilines is 1. The van der Waals surface area contributed by atoms with Crippen LogP contribution in [0.5, 0.6) is 0 Å². The number of allylic oxidation sites excluding steroid dienone is 1.